The quantitative estimate of drug-likeness (QED) is 0.213. The van der Waals surface area contributed by atoms with E-state index in [1.54, 1.807) is 0 Å². The number of rotatable bonds is 2. The lowest BCUT2D eigenvalue weighted by Crippen LogP contribution is -1.83. The van der Waals surface area contributed by atoms with E-state index in [-0.39, 0.29) is 0 Å². The maximum absolute atomic E-state index is 2.38. The SMILES string of the molecule is c1ccc(-c2ccc3c(c2)c2ccccc2c2c4ccc(-c5ccc6ccccc6c5)cc4sc32)cc1. The molecular formula is C36H22S. The molecule has 0 atom stereocenters. The van der Waals surface area contributed by atoms with Crippen molar-refractivity contribution in [3.05, 3.63) is 133 Å². The van der Waals surface area contributed by atoms with Crippen LogP contribution in [0.2, 0.25) is 0 Å². The maximum Gasteiger partial charge on any atom is 0.0440 e. The molecule has 1 heterocycles. The molecule has 1 aromatic heterocycles. The second-order valence-corrected chi connectivity index (χ2v) is 10.8. The van der Waals surface area contributed by atoms with Crippen LogP contribution >= 0.6 is 11.3 Å². The Bertz CT molecular complexity index is 2130. The zero-order valence-corrected chi connectivity index (χ0v) is 20.9. The Hall–Kier alpha value is -4.46. The average molecular weight is 487 g/mol. The summed E-state index contributed by atoms with van der Waals surface area (Å²) in [5.74, 6) is 0. The van der Waals surface area contributed by atoms with Crippen LogP contribution in [0.3, 0.4) is 0 Å². The maximum atomic E-state index is 2.38. The molecule has 0 fully saturated rings. The van der Waals surface area contributed by atoms with Crippen molar-refractivity contribution in [2.24, 2.45) is 0 Å². The van der Waals surface area contributed by atoms with Gasteiger partial charge >= 0.3 is 0 Å². The minimum atomic E-state index is 1.25. The van der Waals surface area contributed by atoms with Crippen LogP contribution in [-0.2, 0) is 0 Å². The zero-order chi connectivity index (χ0) is 24.3. The van der Waals surface area contributed by atoms with E-state index in [1.807, 2.05) is 11.3 Å². The van der Waals surface area contributed by atoms with Crippen molar-refractivity contribution < 1.29 is 0 Å². The number of benzene rings is 7. The zero-order valence-electron chi connectivity index (χ0n) is 20.1. The third kappa shape index (κ3) is 3.21. The van der Waals surface area contributed by atoms with Crippen LogP contribution in [0.4, 0.5) is 0 Å². The van der Waals surface area contributed by atoms with Crippen molar-refractivity contribution in [1.82, 2.24) is 0 Å². The molecule has 37 heavy (non-hydrogen) atoms. The number of fused-ring (bicyclic) bond motifs is 9. The molecule has 172 valence electrons. The first-order valence-corrected chi connectivity index (χ1v) is 13.5. The summed E-state index contributed by atoms with van der Waals surface area (Å²) in [5.41, 5.74) is 5.05. The average Bonchev–Trinajstić information content (AvgIpc) is 3.36. The van der Waals surface area contributed by atoms with Gasteiger partial charge in [-0.15, -0.1) is 11.3 Å². The summed E-state index contributed by atoms with van der Waals surface area (Å²) in [6.07, 6.45) is 0. The Balaban J connectivity index is 1.40. The molecule has 0 aliphatic rings. The van der Waals surface area contributed by atoms with Gasteiger partial charge in [0, 0.05) is 25.6 Å². The summed E-state index contributed by atoms with van der Waals surface area (Å²) >= 11 is 1.92. The standard InChI is InChI=1S/C36H22S/c1-2-8-23(9-3-1)27-16-18-31-33(21-27)29-12-6-7-13-30(29)35-32-19-17-28(22-34(32)37-36(31)35)26-15-14-24-10-4-5-11-25(24)20-26/h1-22H. The predicted octanol–water partition coefficient (Wildman–Crippen LogP) is 10.8. The molecule has 0 bridgehead atoms. The first-order chi connectivity index (χ1) is 18.3. The van der Waals surface area contributed by atoms with Crippen molar-refractivity contribution in [1.29, 1.82) is 0 Å². The molecule has 0 saturated heterocycles. The van der Waals surface area contributed by atoms with Gasteiger partial charge in [0.2, 0.25) is 0 Å². The molecular weight excluding hydrogens is 464 g/mol. The highest BCUT2D eigenvalue weighted by Gasteiger charge is 2.15. The summed E-state index contributed by atoms with van der Waals surface area (Å²) in [4.78, 5) is 0. The van der Waals surface area contributed by atoms with Crippen LogP contribution in [0.15, 0.2) is 133 Å². The lowest BCUT2D eigenvalue weighted by Gasteiger charge is -2.10. The highest BCUT2D eigenvalue weighted by Crippen LogP contribution is 2.45. The fourth-order valence-electron chi connectivity index (χ4n) is 5.81. The molecule has 0 N–H and O–H groups in total. The van der Waals surface area contributed by atoms with E-state index in [2.05, 4.69) is 133 Å². The van der Waals surface area contributed by atoms with Gasteiger partial charge in [-0.25, -0.2) is 0 Å². The van der Waals surface area contributed by atoms with Crippen LogP contribution in [0, 0.1) is 0 Å². The molecule has 0 radical (unpaired) electrons. The highest BCUT2D eigenvalue weighted by molar-refractivity contribution is 7.27. The molecule has 8 aromatic rings. The molecule has 7 aromatic carbocycles. The van der Waals surface area contributed by atoms with Crippen LogP contribution in [0.25, 0.3) is 74.7 Å². The van der Waals surface area contributed by atoms with Crippen molar-refractivity contribution >= 4 is 63.8 Å². The van der Waals surface area contributed by atoms with Gasteiger partial charge in [-0.05, 0) is 67.4 Å². The van der Waals surface area contributed by atoms with E-state index in [0.717, 1.165) is 0 Å². The largest absolute Gasteiger partial charge is 0.134 e. The van der Waals surface area contributed by atoms with Gasteiger partial charge in [0.05, 0.1) is 0 Å². The van der Waals surface area contributed by atoms with E-state index in [0.29, 0.717) is 0 Å². The molecule has 0 aliphatic heterocycles. The number of hydrogen-bond acceptors (Lipinski definition) is 1. The lowest BCUT2D eigenvalue weighted by atomic mass is 9.94. The predicted molar refractivity (Wildman–Crippen MR) is 163 cm³/mol. The molecule has 0 saturated carbocycles. The van der Waals surface area contributed by atoms with Gasteiger partial charge in [0.1, 0.15) is 0 Å². The summed E-state index contributed by atoms with van der Waals surface area (Å²) in [6.45, 7) is 0. The highest BCUT2D eigenvalue weighted by atomic mass is 32.1. The van der Waals surface area contributed by atoms with E-state index in [9.17, 15) is 0 Å². The van der Waals surface area contributed by atoms with E-state index in [1.165, 1.54) is 74.7 Å². The summed E-state index contributed by atoms with van der Waals surface area (Å²) in [7, 11) is 0. The Morgan fingerprint density at radius 1 is 0.351 bits per heavy atom. The van der Waals surface area contributed by atoms with Crippen molar-refractivity contribution in [3.63, 3.8) is 0 Å². The Morgan fingerprint density at radius 2 is 1.00 bits per heavy atom. The molecule has 1 heteroatoms. The van der Waals surface area contributed by atoms with E-state index in [4.69, 9.17) is 0 Å². The van der Waals surface area contributed by atoms with E-state index < -0.39 is 0 Å². The van der Waals surface area contributed by atoms with Crippen molar-refractivity contribution in [3.8, 4) is 22.3 Å². The van der Waals surface area contributed by atoms with Crippen LogP contribution in [0.5, 0.6) is 0 Å². The van der Waals surface area contributed by atoms with Crippen LogP contribution in [0.1, 0.15) is 0 Å². The lowest BCUT2D eigenvalue weighted by molar-refractivity contribution is 1.65. The summed E-state index contributed by atoms with van der Waals surface area (Å²) in [5, 5.41) is 10.6. The van der Waals surface area contributed by atoms with Gasteiger partial charge in [0.15, 0.2) is 0 Å². The molecule has 8 rings (SSSR count). The molecule has 0 unspecified atom stereocenters. The third-order valence-electron chi connectivity index (χ3n) is 7.63. The van der Waals surface area contributed by atoms with Gasteiger partial charge in [-0.3, -0.25) is 0 Å². The normalized spacial score (nSPS) is 11.8. The fraction of sp³-hybridized carbons (Fsp3) is 0. The molecule has 0 aliphatic carbocycles. The second-order valence-electron chi connectivity index (χ2n) is 9.75. The second kappa shape index (κ2) is 8.03. The Morgan fingerprint density at radius 3 is 1.86 bits per heavy atom. The van der Waals surface area contributed by atoms with Gasteiger partial charge in [-0.2, -0.15) is 0 Å². The minimum absolute atomic E-state index is 1.25. The van der Waals surface area contributed by atoms with Crippen molar-refractivity contribution in [2.75, 3.05) is 0 Å². The van der Waals surface area contributed by atoms with Gasteiger partial charge < -0.3 is 0 Å². The van der Waals surface area contributed by atoms with E-state index >= 15 is 0 Å². The number of thiophene rings is 1. The summed E-state index contributed by atoms with van der Waals surface area (Å²) < 4.78 is 2.71. The monoisotopic (exact) mass is 486 g/mol. The first kappa shape index (κ1) is 20.7. The van der Waals surface area contributed by atoms with Gasteiger partial charge in [-0.1, -0.05) is 115 Å². The molecule has 0 nitrogen and oxygen atoms in total. The minimum Gasteiger partial charge on any atom is -0.134 e. The molecule has 0 amide bonds. The fourth-order valence-corrected chi connectivity index (χ4v) is 7.11. The van der Waals surface area contributed by atoms with Crippen LogP contribution < -0.4 is 0 Å². The number of hydrogen-bond donors (Lipinski definition) is 0. The first-order valence-electron chi connectivity index (χ1n) is 12.7. The summed E-state index contributed by atoms with van der Waals surface area (Å²) in [6, 6.07) is 48.9. The topological polar surface area (TPSA) is 0 Å². The van der Waals surface area contributed by atoms with Crippen LogP contribution in [-0.4, -0.2) is 0 Å². The Kier molecular flexibility index (Phi) is 4.49. The Labute approximate surface area is 219 Å². The third-order valence-corrected chi connectivity index (χ3v) is 8.82. The smallest absolute Gasteiger partial charge is 0.0440 e. The molecule has 0 spiro atoms. The van der Waals surface area contributed by atoms with Gasteiger partial charge in [0.25, 0.3) is 0 Å². The van der Waals surface area contributed by atoms with Crippen molar-refractivity contribution in [2.45, 2.75) is 0 Å².